The van der Waals surface area contributed by atoms with Gasteiger partial charge in [0.25, 0.3) is 0 Å². The van der Waals surface area contributed by atoms with Crippen LogP contribution in [0.25, 0.3) is 0 Å². The molecule has 51 heavy (non-hydrogen) atoms. The summed E-state index contributed by atoms with van der Waals surface area (Å²) >= 11 is 0. The maximum atomic E-state index is 12.8. The fraction of sp³-hybridized carbons (Fsp3) is 0.512. The summed E-state index contributed by atoms with van der Waals surface area (Å²) in [5, 5.41) is 2.86. The number of carbonyl (C=O) groups is 3. The van der Waals surface area contributed by atoms with E-state index in [0.717, 1.165) is 24.3 Å². The number of aryl methyl sites for hydroxylation is 1. The predicted molar refractivity (Wildman–Crippen MR) is 204 cm³/mol. The highest BCUT2D eigenvalue weighted by Crippen LogP contribution is 2.29. The van der Waals surface area contributed by atoms with Gasteiger partial charge in [-0.3, -0.25) is 4.79 Å². The van der Waals surface area contributed by atoms with Gasteiger partial charge in [-0.1, -0.05) is 115 Å². The lowest BCUT2D eigenvalue weighted by Crippen LogP contribution is -2.13. The van der Waals surface area contributed by atoms with Gasteiger partial charge in [0, 0.05) is 12.1 Å². The topological polar surface area (TPSA) is 100 Å². The summed E-state index contributed by atoms with van der Waals surface area (Å²) in [6.45, 7) is 3.00. The number of esters is 2. The molecule has 0 heterocycles. The Morgan fingerprint density at radius 3 is 1.67 bits per heavy atom. The van der Waals surface area contributed by atoms with Crippen LogP contribution >= 0.6 is 0 Å². The standard InChI is InChI=1S/C43H59NO7/c1-4-5-6-7-8-9-10-11-12-13-14-15-16-17-18-19-32-50-37-26-20-34(21-27-37)22-31-41(45)44-36-25-30-40(39(33-36)43(47)49-3)51-38-28-23-35(24-29-38)42(46)48-2/h20-21,23-30,33H,4-19,22,31-32H2,1-3H3,(H,44,45). The van der Waals surface area contributed by atoms with Gasteiger partial charge in [0.1, 0.15) is 22.8 Å². The van der Waals surface area contributed by atoms with Crippen LogP contribution in [-0.4, -0.2) is 38.7 Å². The molecule has 3 aromatic rings. The Labute approximate surface area is 305 Å². The summed E-state index contributed by atoms with van der Waals surface area (Å²) in [5.41, 5.74) is 2.02. The number of nitrogens with one attached hydrogen (secondary N) is 1. The minimum Gasteiger partial charge on any atom is -0.494 e. The molecule has 0 spiro atoms. The number of benzene rings is 3. The lowest BCUT2D eigenvalue weighted by molar-refractivity contribution is -0.116. The smallest absolute Gasteiger partial charge is 0.341 e. The molecule has 0 atom stereocenters. The van der Waals surface area contributed by atoms with E-state index in [2.05, 4.69) is 12.2 Å². The Hall–Kier alpha value is -4.33. The first-order chi connectivity index (χ1) is 24.9. The lowest BCUT2D eigenvalue weighted by Gasteiger charge is -2.13. The van der Waals surface area contributed by atoms with E-state index in [1.807, 2.05) is 24.3 Å². The first-order valence-corrected chi connectivity index (χ1v) is 19.0. The normalized spacial score (nSPS) is 10.8. The molecule has 0 aliphatic rings. The van der Waals surface area contributed by atoms with Crippen molar-refractivity contribution in [2.24, 2.45) is 0 Å². The average Bonchev–Trinajstić information content (AvgIpc) is 3.16. The van der Waals surface area contributed by atoms with E-state index in [4.69, 9.17) is 18.9 Å². The van der Waals surface area contributed by atoms with Crippen LogP contribution in [0.4, 0.5) is 5.69 Å². The molecule has 8 heteroatoms. The number of unbranched alkanes of at least 4 members (excludes halogenated alkanes) is 15. The van der Waals surface area contributed by atoms with Gasteiger partial charge in [-0.15, -0.1) is 0 Å². The molecule has 278 valence electrons. The van der Waals surface area contributed by atoms with E-state index >= 15 is 0 Å². The van der Waals surface area contributed by atoms with Gasteiger partial charge in [-0.25, -0.2) is 9.59 Å². The van der Waals surface area contributed by atoms with Crippen LogP contribution in [0.2, 0.25) is 0 Å². The number of anilines is 1. The van der Waals surface area contributed by atoms with Gasteiger partial charge in [0.15, 0.2) is 0 Å². The van der Waals surface area contributed by atoms with Crippen molar-refractivity contribution in [2.45, 2.75) is 122 Å². The molecule has 0 aliphatic carbocycles. The van der Waals surface area contributed by atoms with Gasteiger partial charge in [0.2, 0.25) is 5.91 Å². The Balaban J connectivity index is 1.28. The van der Waals surface area contributed by atoms with Crippen molar-refractivity contribution >= 4 is 23.5 Å². The first-order valence-electron chi connectivity index (χ1n) is 19.0. The molecule has 3 aromatic carbocycles. The van der Waals surface area contributed by atoms with Gasteiger partial charge in [-0.2, -0.15) is 0 Å². The van der Waals surface area contributed by atoms with Gasteiger partial charge < -0.3 is 24.3 Å². The molecule has 1 N–H and O–H groups in total. The van der Waals surface area contributed by atoms with Crippen molar-refractivity contribution < 1.29 is 33.3 Å². The number of hydrogen-bond donors (Lipinski definition) is 1. The fourth-order valence-electron chi connectivity index (χ4n) is 5.94. The second kappa shape index (κ2) is 24.8. The molecule has 0 bridgehead atoms. The molecular formula is C43H59NO7. The van der Waals surface area contributed by atoms with Gasteiger partial charge in [0.05, 0.1) is 26.4 Å². The Bertz CT molecular complexity index is 1440. The number of rotatable bonds is 26. The van der Waals surface area contributed by atoms with Crippen molar-refractivity contribution in [1.29, 1.82) is 0 Å². The zero-order chi connectivity index (χ0) is 36.5. The van der Waals surface area contributed by atoms with E-state index < -0.39 is 11.9 Å². The molecule has 1 amide bonds. The van der Waals surface area contributed by atoms with E-state index in [9.17, 15) is 14.4 Å². The average molecular weight is 702 g/mol. The number of hydrogen-bond acceptors (Lipinski definition) is 7. The number of ether oxygens (including phenoxy) is 4. The van der Waals surface area contributed by atoms with Crippen molar-refractivity contribution in [3.8, 4) is 17.2 Å². The summed E-state index contributed by atoms with van der Waals surface area (Å²) in [7, 11) is 2.59. The SMILES string of the molecule is CCCCCCCCCCCCCCCCCCOc1ccc(CCC(=O)Nc2ccc(Oc3ccc(C(=O)OC)cc3)c(C(=O)OC)c2)cc1. The molecule has 8 nitrogen and oxygen atoms in total. The Morgan fingerprint density at radius 2 is 1.12 bits per heavy atom. The van der Waals surface area contributed by atoms with Crippen LogP contribution in [0, 0.1) is 0 Å². The fourth-order valence-corrected chi connectivity index (χ4v) is 5.94. The molecule has 0 saturated carbocycles. The van der Waals surface area contributed by atoms with Crippen LogP contribution < -0.4 is 14.8 Å². The first kappa shape index (κ1) is 41.1. The minimum absolute atomic E-state index is 0.155. The van der Waals surface area contributed by atoms with Crippen LogP contribution in [0.3, 0.4) is 0 Å². The van der Waals surface area contributed by atoms with Crippen molar-refractivity contribution in [1.82, 2.24) is 0 Å². The summed E-state index contributed by atoms with van der Waals surface area (Å²) in [6, 6.07) is 19.0. The van der Waals surface area contributed by atoms with Crippen LogP contribution in [0.5, 0.6) is 17.2 Å². The quantitative estimate of drug-likeness (QED) is 0.0657. The van der Waals surface area contributed by atoms with E-state index in [1.54, 1.807) is 36.4 Å². The monoisotopic (exact) mass is 701 g/mol. The lowest BCUT2D eigenvalue weighted by atomic mass is 10.0. The summed E-state index contributed by atoms with van der Waals surface area (Å²) in [4.78, 5) is 37.0. The highest BCUT2D eigenvalue weighted by Gasteiger charge is 2.16. The third kappa shape index (κ3) is 16.5. The maximum absolute atomic E-state index is 12.8. The third-order valence-corrected chi connectivity index (χ3v) is 9.00. The van der Waals surface area contributed by atoms with Crippen molar-refractivity contribution in [3.05, 3.63) is 83.4 Å². The third-order valence-electron chi connectivity index (χ3n) is 9.00. The largest absolute Gasteiger partial charge is 0.494 e. The van der Waals surface area contributed by atoms with Gasteiger partial charge in [-0.05, 0) is 73.0 Å². The molecule has 0 radical (unpaired) electrons. The van der Waals surface area contributed by atoms with Crippen molar-refractivity contribution in [3.63, 3.8) is 0 Å². The summed E-state index contributed by atoms with van der Waals surface area (Å²) in [5.74, 6) is 0.273. The molecule has 0 unspecified atom stereocenters. The summed E-state index contributed by atoms with van der Waals surface area (Å²) < 4.78 is 21.5. The van der Waals surface area contributed by atoms with Gasteiger partial charge >= 0.3 is 11.9 Å². The zero-order valence-corrected chi connectivity index (χ0v) is 31.1. The minimum atomic E-state index is -0.607. The maximum Gasteiger partial charge on any atom is 0.341 e. The predicted octanol–water partition coefficient (Wildman–Crippen LogP) is 11.3. The van der Waals surface area contributed by atoms with Crippen LogP contribution in [0.1, 0.15) is 142 Å². The zero-order valence-electron chi connectivity index (χ0n) is 31.1. The second-order valence-corrected chi connectivity index (χ2v) is 13.2. The van der Waals surface area contributed by atoms with E-state index in [0.29, 0.717) is 23.4 Å². The van der Waals surface area contributed by atoms with Crippen LogP contribution in [0.15, 0.2) is 66.7 Å². The second-order valence-electron chi connectivity index (χ2n) is 13.2. The van der Waals surface area contributed by atoms with Crippen molar-refractivity contribution in [2.75, 3.05) is 26.1 Å². The molecule has 0 aromatic heterocycles. The highest BCUT2D eigenvalue weighted by atomic mass is 16.5. The number of carbonyl (C=O) groups excluding carboxylic acids is 3. The molecule has 0 aliphatic heterocycles. The number of methoxy groups -OCH3 is 2. The van der Waals surface area contributed by atoms with E-state index in [1.165, 1.54) is 117 Å². The van der Waals surface area contributed by atoms with E-state index in [-0.39, 0.29) is 23.6 Å². The molecule has 0 fully saturated rings. The number of amides is 1. The summed E-state index contributed by atoms with van der Waals surface area (Å²) in [6.07, 6.45) is 22.5. The Kier molecular flexibility index (Phi) is 19.9. The molecular weight excluding hydrogens is 642 g/mol. The molecule has 0 saturated heterocycles. The molecule has 3 rings (SSSR count). The Morgan fingerprint density at radius 1 is 0.588 bits per heavy atom. The van der Waals surface area contributed by atoms with Crippen LogP contribution in [-0.2, 0) is 20.7 Å². The highest BCUT2D eigenvalue weighted by molar-refractivity contribution is 5.96.